The fourth-order valence-electron chi connectivity index (χ4n) is 2.05. The molecule has 0 spiro atoms. The van der Waals surface area contributed by atoms with Gasteiger partial charge in [-0.25, -0.2) is 0 Å². The van der Waals surface area contributed by atoms with Crippen LogP contribution in [0.2, 0.25) is 5.02 Å². The Hall–Kier alpha value is -1.32. The average Bonchev–Trinajstić information content (AvgIpc) is 2.68. The van der Waals surface area contributed by atoms with Crippen molar-refractivity contribution in [3.8, 4) is 0 Å². The van der Waals surface area contributed by atoms with Crippen molar-refractivity contribution in [2.24, 2.45) is 12.8 Å². The zero-order chi connectivity index (χ0) is 13.1. The molecule has 0 bridgehead atoms. The normalized spacial score (nSPS) is 12.7. The lowest BCUT2D eigenvalue weighted by Gasteiger charge is -2.12. The van der Waals surface area contributed by atoms with Gasteiger partial charge in [-0.1, -0.05) is 41.4 Å². The van der Waals surface area contributed by atoms with Crippen molar-refractivity contribution in [3.63, 3.8) is 0 Å². The third-order valence-corrected chi connectivity index (χ3v) is 3.44. The molecule has 2 rings (SSSR count). The Balaban J connectivity index is 2.00. The van der Waals surface area contributed by atoms with Gasteiger partial charge in [0.1, 0.15) is 0 Å². The van der Waals surface area contributed by atoms with Crippen LogP contribution < -0.4 is 5.73 Å². The number of aromatic nitrogens is 2. The van der Waals surface area contributed by atoms with Crippen LogP contribution in [0.5, 0.6) is 0 Å². The van der Waals surface area contributed by atoms with Gasteiger partial charge < -0.3 is 5.73 Å². The van der Waals surface area contributed by atoms with Crippen molar-refractivity contribution in [1.82, 2.24) is 9.78 Å². The minimum Gasteiger partial charge on any atom is -0.323 e. The SMILES string of the molecule is Cc1ccc(CCC(N)c2c(Cl)cnn2C)cc1. The lowest BCUT2D eigenvalue weighted by Crippen LogP contribution is -2.16. The molecule has 1 unspecified atom stereocenters. The van der Waals surface area contributed by atoms with Crippen LogP contribution in [0.1, 0.15) is 29.3 Å². The van der Waals surface area contributed by atoms with Gasteiger partial charge in [0.15, 0.2) is 0 Å². The summed E-state index contributed by atoms with van der Waals surface area (Å²) in [6.45, 7) is 2.09. The molecule has 2 aromatic rings. The second-order valence-corrected chi connectivity index (χ2v) is 5.04. The molecule has 0 aliphatic heterocycles. The Kier molecular flexibility index (Phi) is 4.04. The molecule has 1 atom stereocenters. The van der Waals surface area contributed by atoms with Crippen molar-refractivity contribution in [3.05, 3.63) is 52.3 Å². The number of halogens is 1. The number of nitrogens with zero attached hydrogens (tertiary/aromatic N) is 2. The van der Waals surface area contributed by atoms with Crippen LogP contribution in [0.4, 0.5) is 0 Å². The van der Waals surface area contributed by atoms with Gasteiger partial charge in [0.25, 0.3) is 0 Å². The van der Waals surface area contributed by atoms with E-state index in [2.05, 4.69) is 36.3 Å². The van der Waals surface area contributed by atoms with Crippen LogP contribution in [0.3, 0.4) is 0 Å². The molecule has 0 fully saturated rings. The third kappa shape index (κ3) is 2.92. The van der Waals surface area contributed by atoms with Crippen LogP contribution in [-0.4, -0.2) is 9.78 Å². The maximum absolute atomic E-state index is 6.17. The van der Waals surface area contributed by atoms with Gasteiger partial charge in [-0.15, -0.1) is 0 Å². The number of hydrogen-bond acceptors (Lipinski definition) is 2. The standard InChI is InChI=1S/C14H18ClN3/c1-10-3-5-11(6-4-10)7-8-13(16)14-12(15)9-17-18(14)2/h3-6,9,13H,7-8,16H2,1-2H3. The summed E-state index contributed by atoms with van der Waals surface area (Å²) in [5.41, 5.74) is 9.66. The van der Waals surface area contributed by atoms with Gasteiger partial charge in [0.05, 0.1) is 16.9 Å². The first kappa shape index (κ1) is 13.1. The van der Waals surface area contributed by atoms with Crippen LogP contribution >= 0.6 is 11.6 Å². The Bertz CT molecular complexity index is 497. The van der Waals surface area contributed by atoms with Crippen LogP contribution in [-0.2, 0) is 13.5 Å². The molecule has 0 aliphatic rings. The quantitative estimate of drug-likeness (QED) is 0.922. The molecule has 0 amide bonds. The van der Waals surface area contributed by atoms with E-state index in [1.165, 1.54) is 11.1 Å². The molecule has 4 heteroatoms. The zero-order valence-corrected chi connectivity index (χ0v) is 11.5. The van der Waals surface area contributed by atoms with E-state index in [-0.39, 0.29) is 6.04 Å². The van der Waals surface area contributed by atoms with Gasteiger partial charge in [0, 0.05) is 13.1 Å². The highest BCUT2D eigenvalue weighted by Gasteiger charge is 2.14. The highest BCUT2D eigenvalue weighted by Crippen LogP contribution is 2.23. The van der Waals surface area contributed by atoms with E-state index in [4.69, 9.17) is 17.3 Å². The summed E-state index contributed by atoms with van der Waals surface area (Å²) < 4.78 is 1.75. The smallest absolute Gasteiger partial charge is 0.0833 e. The molecular formula is C14H18ClN3. The van der Waals surface area contributed by atoms with Crippen molar-refractivity contribution < 1.29 is 0 Å². The van der Waals surface area contributed by atoms with E-state index < -0.39 is 0 Å². The van der Waals surface area contributed by atoms with E-state index in [9.17, 15) is 0 Å². The first-order chi connectivity index (χ1) is 8.58. The monoisotopic (exact) mass is 263 g/mol. The van der Waals surface area contributed by atoms with E-state index in [1.54, 1.807) is 10.9 Å². The number of nitrogens with two attached hydrogens (primary N) is 1. The Morgan fingerprint density at radius 3 is 2.56 bits per heavy atom. The molecule has 96 valence electrons. The molecule has 0 saturated carbocycles. The number of hydrogen-bond donors (Lipinski definition) is 1. The molecule has 0 radical (unpaired) electrons. The predicted octanol–water partition coefficient (Wildman–Crippen LogP) is 3.01. The highest BCUT2D eigenvalue weighted by molar-refractivity contribution is 6.31. The van der Waals surface area contributed by atoms with E-state index >= 15 is 0 Å². The molecule has 0 saturated heterocycles. The second-order valence-electron chi connectivity index (χ2n) is 4.63. The molecule has 0 aliphatic carbocycles. The Morgan fingerprint density at radius 1 is 1.33 bits per heavy atom. The Labute approximate surface area is 113 Å². The maximum atomic E-state index is 6.17. The first-order valence-electron chi connectivity index (χ1n) is 6.06. The minimum absolute atomic E-state index is 0.0775. The predicted molar refractivity (Wildman–Crippen MR) is 74.6 cm³/mol. The molecule has 1 aromatic carbocycles. The van der Waals surface area contributed by atoms with Crippen LogP contribution in [0.15, 0.2) is 30.5 Å². The molecule has 3 nitrogen and oxygen atoms in total. The van der Waals surface area contributed by atoms with Gasteiger partial charge in [-0.05, 0) is 25.3 Å². The van der Waals surface area contributed by atoms with E-state index in [1.807, 2.05) is 7.05 Å². The van der Waals surface area contributed by atoms with E-state index in [0.29, 0.717) is 5.02 Å². The first-order valence-corrected chi connectivity index (χ1v) is 6.44. The summed E-state index contributed by atoms with van der Waals surface area (Å²) in [7, 11) is 1.87. The number of aryl methyl sites for hydroxylation is 3. The molecule has 1 heterocycles. The van der Waals surface area contributed by atoms with Crippen molar-refractivity contribution in [1.29, 1.82) is 0 Å². The summed E-state index contributed by atoms with van der Waals surface area (Å²) in [6.07, 6.45) is 3.45. The van der Waals surface area contributed by atoms with Crippen molar-refractivity contribution in [2.75, 3.05) is 0 Å². The summed E-state index contributed by atoms with van der Waals surface area (Å²) >= 11 is 6.08. The lowest BCUT2D eigenvalue weighted by molar-refractivity contribution is 0.582. The largest absolute Gasteiger partial charge is 0.323 e. The highest BCUT2D eigenvalue weighted by atomic mass is 35.5. The van der Waals surface area contributed by atoms with Gasteiger partial charge in [0.2, 0.25) is 0 Å². The third-order valence-electron chi connectivity index (χ3n) is 3.15. The minimum atomic E-state index is -0.0775. The zero-order valence-electron chi connectivity index (χ0n) is 10.7. The Morgan fingerprint density at radius 2 is 2.00 bits per heavy atom. The fraction of sp³-hybridized carbons (Fsp3) is 0.357. The topological polar surface area (TPSA) is 43.8 Å². The number of rotatable bonds is 4. The summed E-state index contributed by atoms with van der Waals surface area (Å²) in [5, 5.41) is 4.76. The summed E-state index contributed by atoms with van der Waals surface area (Å²) in [4.78, 5) is 0. The summed E-state index contributed by atoms with van der Waals surface area (Å²) in [6, 6.07) is 8.46. The average molecular weight is 264 g/mol. The molecular weight excluding hydrogens is 246 g/mol. The molecule has 2 N–H and O–H groups in total. The van der Waals surface area contributed by atoms with Gasteiger partial charge in [-0.2, -0.15) is 5.10 Å². The van der Waals surface area contributed by atoms with E-state index in [0.717, 1.165) is 18.5 Å². The number of benzene rings is 1. The van der Waals surface area contributed by atoms with Gasteiger partial charge in [-0.3, -0.25) is 4.68 Å². The summed E-state index contributed by atoms with van der Waals surface area (Å²) in [5.74, 6) is 0. The maximum Gasteiger partial charge on any atom is 0.0833 e. The van der Waals surface area contributed by atoms with Crippen molar-refractivity contribution in [2.45, 2.75) is 25.8 Å². The lowest BCUT2D eigenvalue weighted by atomic mass is 10.0. The molecule has 1 aromatic heterocycles. The molecule has 18 heavy (non-hydrogen) atoms. The fourth-order valence-corrected chi connectivity index (χ4v) is 2.36. The second kappa shape index (κ2) is 5.55. The van der Waals surface area contributed by atoms with Gasteiger partial charge >= 0.3 is 0 Å². The van der Waals surface area contributed by atoms with Crippen LogP contribution in [0.25, 0.3) is 0 Å². The van der Waals surface area contributed by atoms with Crippen LogP contribution in [0, 0.1) is 6.92 Å². The van der Waals surface area contributed by atoms with Crippen molar-refractivity contribution >= 4 is 11.6 Å².